The minimum absolute atomic E-state index is 0.102. The highest BCUT2D eigenvalue weighted by Gasteiger charge is 2.04. The third-order valence-corrected chi connectivity index (χ3v) is 2.14. The third kappa shape index (κ3) is 4.79. The van der Waals surface area contributed by atoms with Crippen molar-refractivity contribution in [2.75, 3.05) is 6.54 Å². The van der Waals surface area contributed by atoms with Crippen LogP contribution in [0.15, 0.2) is 28.7 Å². The number of alkyl carbamates (subject to hydrolysis) is 1. The van der Waals surface area contributed by atoms with Gasteiger partial charge in [-0.25, -0.2) is 4.79 Å². The van der Waals surface area contributed by atoms with Crippen molar-refractivity contribution in [3.8, 4) is 0 Å². The molecular weight excluding hydrogens is 278 g/mol. The Labute approximate surface area is 101 Å². The summed E-state index contributed by atoms with van der Waals surface area (Å²) in [6, 6.07) is 7.28. The number of hydrogen-bond acceptors (Lipinski definition) is 3. The number of hydrogen-bond donors (Lipinski definition) is 2. The first kappa shape index (κ1) is 12.5. The van der Waals surface area contributed by atoms with Gasteiger partial charge in [-0.05, 0) is 17.7 Å². The lowest BCUT2D eigenvalue weighted by molar-refractivity contribution is -0.135. The van der Waals surface area contributed by atoms with Gasteiger partial charge in [-0.15, -0.1) is 0 Å². The van der Waals surface area contributed by atoms with Gasteiger partial charge in [0.05, 0.1) is 0 Å². The largest absolute Gasteiger partial charge is 0.480 e. The van der Waals surface area contributed by atoms with E-state index in [1.165, 1.54) is 0 Å². The summed E-state index contributed by atoms with van der Waals surface area (Å²) < 4.78 is 5.69. The lowest BCUT2D eigenvalue weighted by Crippen LogP contribution is -2.29. The molecule has 0 fully saturated rings. The molecule has 0 bridgehead atoms. The molecule has 16 heavy (non-hydrogen) atoms. The second-order valence-electron chi connectivity index (χ2n) is 2.95. The smallest absolute Gasteiger partial charge is 0.407 e. The number of ether oxygens (including phenoxy) is 1. The molecule has 1 aromatic carbocycles. The van der Waals surface area contributed by atoms with Gasteiger partial charge in [-0.1, -0.05) is 28.1 Å². The van der Waals surface area contributed by atoms with Gasteiger partial charge in [0.25, 0.3) is 0 Å². The number of halogens is 1. The van der Waals surface area contributed by atoms with Gasteiger partial charge in [0.2, 0.25) is 0 Å². The maximum atomic E-state index is 11.0. The van der Waals surface area contributed by atoms with Crippen LogP contribution in [0.3, 0.4) is 0 Å². The Bertz CT molecular complexity index is 394. The summed E-state index contributed by atoms with van der Waals surface area (Å²) in [5.74, 6) is -1.11. The van der Waals surface area contributed by atoms with Crippen LogP contribution < -0.4 is 5.32 Å². The van der Waals surface area contributed by atoms with Crippen molar-refractivity contribution in [1.82, 2.24) is 5.32 Å². The zero-order valence-corrected chi connectivity index (χ0v) is 9.86. The first-order chi connectivity index (χ1) is 7.58. The van der Waals surface area contributed by atoms with E-state index in [0.29, 0.717) is 0 Å². The Hall–Kier alpha value is -1.56. The first-order valence-corrected chi connectivity index (χ1v) is 5.24. The van der Waals surface area contributed by atoms with Crippen molar-refractivity contribution in [2.24, 2.45) is 0 Å². The fraction of sp³-hybridized carbons (Fsp3) is 0.200. The van der Waals surface area contributed by atoms with E-state index in [1.807, 2.05) is 18.2 Å². The van der Waals surface area contributed by atoms with E-state index >= 15 is 0 Å². The summed E-state index contributed by atoms with van der Waals surface area (Å²) in [5.41, 5.74) is 0.819. The van der Waals surface area contributed by atoms with Gasteiger partial charge in [0.1, 0.15) is 13.2 Å². The minimum Gasteiger partial charge on any atom is -0.480 e. The number of carbonyl (C=O) groups is 2. The van der Waals surface area contributed by atoms with Crippen LogP contribution >= 0.6 is 15.9 Å². The first-order valence-electron chi connectivity index (χ1n) is 4.45. The van der Waals surface area contributed by atoms with Gasteiger partial charge >= 0.3 is 12.1 Å². The van der Waals surface area contributed by atoms with Crippen molar-refractivity contribution in [2.45, 2.75) is 6.61 Å². The van der Waals surface area contributed by atoms with E-state index in [4.69, 9.17) is 9.84 Å². The molecule has 0 radical (unpaired) electrons. The quantitative estimate of drug-likeness (QED) is 0.885. The number of carboxylic acid groups (broad SMARTS) is 1. The minimum atomic E-state index is -1.11. The maximum absolute atomic E-state index is 11.0. The van der Waals surface area contributed by atoms with E-state index in [0.717, 1.165) is 10.0 Å². The third-order valence-electron chi connectivity index (χ3n) is 1.64. The Balaban J connectivity index is 2.34. The van der Waals surface area contributed by atoms with Crippen LogP contribution in [0.2, 0.25) is 0 Å². The zero-order valence-electron chi connectivity index (χ0n) is 8.27. The van der Waals surface area contributed by atoms with Crippen molar-refractivity contribution >= 4 is 28.0 Å². The average Bonchev–Trinajstić information content (AvgIpc) is 2.23. The normalized spacial score (nSPS) is 9.56. The molecule has 1 aromatic rings. The summed E-state index contributed by atoms with van der Waals surface area (Å²) >= 11 is 3.29. The van der Waals surface area contributed by atoms with Crippen LogP contribution in [0, 0.1) is 0 Å². The number of amides is 1. The SMILES string of the molecule is O=C(O)CNC(=O)OCc1cccc(Br)c1. The topological polar surface area (TPSA) is 75.6 Å². The average molecular weight is 288 g/mol. The predicted molar refractivity (Wildman–Crippen MR) is 60.0 cm³/mol. The number of carbonyl (C=O) groups excluding carboxylic acids is 1. The van der Waals surface area contributed by atoms with E-state index in [1.54, 1.807) is 6.07 Å². The van der Waals surface area contributed by atoms with Crippen LogP contribution in [0.4, 0.5) is 4.79 Å². The molecule has 0 aliphatic rings. The van der Waals surface area contributed by atoms with Crippen molar-refractivity contribution in [1.29, 1.82) is 0 Å². The molecule has 1 amide bonds. The number of rotatable bonds is 4. The summed E-state index contributed by atoms with van der Waals surface area (Å²) in [6.45, 7) is -0.345. The number of benzene rings is 1. The standard InChI is InChI=1S/C10H10BrNO4/c11-8-3-1-2-7(4-8)6-16-10(15)12-5-9(13)14/h1-4H,5-6H2,(H,12,15)(H,13,14). The van der Waals surface area contributed by atoms with Crippen LogP contribution in [0.1, 0.15) is 5.56 Å². The van der Waals surface area contributed by atoms with Gasteiger partial charge in [0.15, 0.2) is 0 Å². The van der Waals surface area contributed by atoms with Crippen molar-refractivity contribution < 1.29 is 19.4 Å². The van der Waals surface area contributed by atoms with Crippen LogP contribution in [-0.4, -0.2) is 23.7 Å². The fourth-order valence-electron chi connectivity index (χ4n) is 0.974. The van der Waals surface area contributed by atoms with Gasteiger partial charge in [-0.3, -0.25) is 4.79 Å². The Morgan fingerprint density at radius 3 is 2.81 bits per heavy atom. The van der Waals surface area contributed by atoms with Crippen LogP contribution in [0.25, 0.3) is 0 Å². The van der Waals surface area contributed by atoms with E-state index in [-0.39, 0.29) is 6.61 Å². The summed E-state index contributed by atoms with van der Waals surface area (Å²) in [6.07, 6.45) is -0.748. The lowest BCUT2D eigenvalue weighted by Gasteiger charge is -2.05. The Kier molecular flexibility index (Phi) is 4.78. The molecule has 0 aliphatic carbocycles. The molecule has 0 saturated carbocycles. The van der Waals surface area contributed by atoms with Gasteiger partial charge < -0.3 is 15.2 Å². The molecule has 0 heterocycles. The molecule has 0 aromatic heterocycles. The molecule has 0 aliphatic heterocycles. The number of nitrogens with one attached hydrogen (secondary N) is 1. The maximum Gasteiger partial charge on any atom is 0.407 e. The molecule has 1 rings (SSSR count). The highest BCUT2D eigenvalue weighted by atomic mass is 79.9. The van der Waals surface area contributed by atoms with Crippen molar-refractivity contribution in [3.63, 3.8) is 0 Å². The highest BCUT2D eigenvalue weighted by Crippen LogP contribution is 2.12. The summed E-state index contributed by atoms with van der Waals surface area (Å²) in [4.78, 5) is 21.1. The molecule has 0 unspecified atom stereocenters. The monoisotopic (exact) mass is 287 g/mol. The predicted octanol–water partition coefficient (Wildman–Crippen LogP) is 1.76. The molecule has 0 atom stereocenters. The molecular formula is C10H10BrNO4. The Morgan fingerprint density at radius 2 is 2.19 bits per heavy atom. The van der Waals surface area contributed by atoms with Crippen molar-refractivity contribution in [3.05, 3.63) is 34.3 Å². The van der Waals surface area contributed by atoms with Crippen LogP contribution in [0.5, 0.6) is 0 Å². The molecule has 86 valence electrons. The highest BCUT2D eigenvalue weighted by molar-refractivity contribution is 9.10. The fourth-order valence-corrected chi connectivity index (χ4v) is 1.42. The second kappa shape index (κ2) is 6.12. The lowest BCUT2D eigenvalue weighted by atomic mass is 10.2. The number of carboxylic acids is 1. The Morgan fingerprint density at radius 1 is 1.44 bits per heavy atom. The van der Waals surface area contributed by atoms with Crippen LogP contribution in [-0.2, 0) is 16.1 Å². The van der Waals surface area contributed by atoms with E-state index in [9.17, 15) is 9.59 Å². The number of aliphatic carboxylic acids is 1. The molecule has 5 nitrogen and oxygen atoms in total. The molecule has 0 spiro atoms. The van der Waals surface area contributed by atoms with Gasteiger partial charge in [0, 0.05) is 4.47 Å². The van der Waals surface area contributed by atoms with E-state index < -0.39 is 18.6 Å². The molecule has 0 saturated heterocycles. The second-order valence-corrected chi connectivity index (χ2v) is 3.87. The zero-order chi connectivity index (χ0) is 12.0. The summed E-state index contributed by atoms with van der Waals surface area (Å²) in [7, 11) is 0. The summed E-state index contributed by atoms with van der Waals surface area (Å²) in [5, 5.41) is 10.4. The molecule has 6 heteroatoms. The van der Waals surface area contributed by atoms with E-state index in [2.05, 4.69) is 21.2 Å². The van der Waals surface area contributed by atoms with Gasteiger partial charge in [-0.2, -0.15) is 0 Å². The molecule has 2 N–H and O–H groups in total.